The molecule has 28 heavy (non-hydrogen) atoms. The SMILES string of the molecule is O=C(NCc1ccnc(N2CCCC2)c1)c1cccc(CN2CCCC2=O)c1. The number of carbonyl (C=O) groups is 2. The highest BCUT2D eigenvalue weighted by Gasteiger charge is 2.20. The van der Waals surface area contributed by atoms with E-state index in [2.05, 4.69) is 21.3 Å². The van der Waals surface area contributed by atoms with E-state index in [0.717, 1.165) is 43.0 Å². The molecule has 2 aliphatic rings. The summed E-state index contributed by atoms with van der Waals surface area (Å²) in [5.74, 6) is 1.08. The first kappa shape index (κ1) is 18.5. The molecule has 0 unspecified atom stereocenters. The van der Waals surface area contributed by atoms with Gasteiger partial charge in [0.1, 0.15) is 5.82 Å². The van der Waals surface area contributed by atoms with Crippen LogP contribution in [0.3, 0.4) is 0 Å². The fraction of sp³-hybridized carbons (Fsp3) is 0.409. The summed E-state index contributed by atoms with van der Waals surface area (Å²) in [6.07, 6.45) is 5.78. The van der Waals surface area contributed by atoms with E-state index in [4.69, 9.17) is 0 Å². The summed E-state index contributed by atoms with van der Waals surface area (Å²) in [7, 11) is 0. The van der Waals surface area contributed by atoms with Gasteiger partial charge in [-0.05, 0) is 54.7 Å². The average Bonchev–Trinajstić information content (AvgIpc) is 3.39. The van der Waals surface area contributed by atoms with Crippen LogP contribution >= 0.6 is 0 Å². The van der Waals surface area contributed by atoms with Crippen molar-refractivity contribution in [3.05, 3.63) is 59.3 Å². The molecule has 0 saturated carbocycles. The van der Waals surface area contributed by atoms with Gasteiger partial charge in [-0.15, -0.1) is 0 Å². The maximum Gasteiger partial charge on any atom is 0.251 e. The summed E-state index contributed by atoms with van der Waals surface area (Å²) < 4.78 is 0. The van der Waals surface area contributed by atoms with Crippen LogP contribution in [-0.4, -0.2) is 41.3 Å². The first-order valence-corrected chi connectivity index (χ1v) is 10.0. The standard InChI is InChI=1S/C22H26N4O2/c27-21-7-4-12-26(21)16-18-5-3-6-19(13-18)22(28)24-15-17-8-9-23-20(14-17)25-10-1-2-11-25/h3,5-6,8-9,13-14H,1-2,4,7,10-12,15-16H2,(H,24,28). The van der Waals surface area contributed by atoms with Crippen molar-refractivity contribution in [1.82, 2.24) is 15.2 Å². The highest BCUT2D eigenvalue weighted by Crippen LogP contribution is 2.19. The predicted molar refractivity (Wildman–Crippen MR) is 108 cm³/mol. The minimum atomic E-state index is -0.103. The number of aromatic nitrogens is 1. The van der Waals surface area contributed by atoms with Gasteiger partial charge in [0.15, 0.2) is 0 Å². The Bertz CT molecular complexity index is 861. The van der Waals surface area contributed by atoms with E-state index in [0.29, 0.717) is 25.1 Å². The number of nitrogens with one attached hydrogen (secondary N) is 1. The van der Waals surface area contributed by atoms with Crippen molar-refractivity contribution in [2.45, 2.75) is 38.8 Å². The highest BCUT2D eigenvalue weighted by atomic mass is 16.2. The summed E-state index contributed by atoms with van der Waals surface area (Å²) in [5.41, 5.74) is 2.66. The number of anilines is 1. The zero-order valence-corrected chi connectivity index (χ0v) is 16.1. The van der Waals surface area contributed by atoms with Gasteiger partial charge >= 0.3 is 0 Å². The highest BCUT2D eigenvalue weighted by molar-refractivity contribution is 5.94. The third kappa shape index (κ3) is 4.32. The molecule has 2 aromatic rings. The normalized spacial score (nSPS) is 16.6. The second-order valence-corrected chi connectivity index (χ2v) is 7.52. The lowest BCUT2D eigenvalue weighted by Gasteiger charge is -2.17. The Labute approximate surface area is 165 Å². The Kier molecular flexibility index (Phi) is 5.55. The van der Waals surface area contributed by atoms with Crippen molar-refractivity contribution in [3.63, 3.8) is 0 Å². The summed E-state index contributed by atoms with van der Waals surface area (Å²) in [6.45, 7) is 3.95. The Balaban J connectivity index is 1.36. The second kappa shape index (κ2) is 8.42. The van der Waals surface area contributed by atoms with E-state index >= 15 is 0 Å². The number of amides is 2. The van der Waals surface area contributed by atoms with Crippen molar-refractivity contribution >= 4 is 17.6 Å². The minimum absolute atomic E-state index is 0.103. The van der Waals surface area contributed by atoms with E-state index in [1.807, 2.05) is 41.4 Å². The fourth-order valence-electron chi connectivity index (χ4n) is 3.88. The smallest absolute Gasteiger partial charge is 0.251 e. The van der Waals surface area contributed by atoms with Gasteiger partial charge in [-0.1, -0.05) is 12.1 Å². The second-order valence-electron chi connectivity index (χ2n) is 7.52. The van der Waals surface area contributed by atoms with Gasteiger partial charge in [-0.2, -0.15) is 0 Å². The third-order valence-corrected chi connectivity index (χ3v) is 5.43. The van der Waals surface area contributed by atoms with E-state index in [9.17, 15) is 9.59 Å². The van der Waals surface area contributed by atoms with Crippen LogP contribution < -0.4 is 10.2 Å². The van der Waals surface area contributed by atoms with Crippen molar-refractivity contribution in [1.29, 1.82) is 0 Å². The van der Waals surface area contributed by atoms with Crippen molar-refractivity contribution in [2.75, 3.05) is 24.5 Å². The van der Waals surface area contributed by atoms with Gasteiger partial charge in [0, 0.05) is 50.9 Å². The summed E-state index contributed by atoms with van der Waals surface area (Å²) in [4.78, 5) is 33.0. The number of nitrogens with zero attached hydrogens (tertiary/aromatic N) is 3. The quantitative estimate of drug-likeness (QED) is 0.839. The topological polar surface area (TPSA) is 65.5 Å². The lowest BCUT2D eigenvalue weighted by molar-refractivity contribution is -0.128. The molecular weight excluding hydrogens is 352 g/mol. The van der Waals surface area contributed by atoms with E-state index < -0.39 is 0 Å². The minimum Gasteiger partial charge on any atom is -0.357 e. The number of carbonyl (C=O) groups excluding carboxylic acids is 2. The summed E-state index contributed by atoms with van der Waals surface area (Å²) >= 11 is 0. The van der Waals surface area contributed by atoms with Crippen LogP contribution in [0.2, 0.25) is 0 Å². The number of benzene rings is 1. The van der Waals surface area contributed by atoms with E-state index in [1.54, 1.807) is 0 Å². The largest absolute Gasteiger partial charge is 0.357 e. The Hall–Kier alpha value is -2.89. The first-order valence-electron chi connectivity index (χ1n) is 10.0. The van der Waals surface area contributed by atoms with Gasteiger partial charge in [-0.25, -0.2) is 4.98 Å². The van der Waals surface area contributed by atoms with Gasteiger partial charge in [0.25, 0.3) is 5.91 Å². The molecule has 6 heteroatoms. The number of pyridine rings is 1. The molecule has 1 N–H and O–H groups in total. The molecule has 6 nitrogen and oxygen atoms in total. The molecule has 2 saturated heterocycles. The molecule has 0 aliphatic carbocycles. The molecule has 0 bridgehead atoms. The predicted octanol–water partition coefficient (Wildman–Crippen LogP) is 2.73. The van der Waals surface area contributed by atoms with Gasteiger partial charge in [0.05, 0.1) is 0 Å². The van der Waals surface area contributed by atoms with Crippen LogP contribution in [0.4, 0.5) is 5.82 Å². The zero-order valence-electron chi connectivity index (χ0n) is 16.1. The summed E-state index contributed by atoms with van der Waals surface area (Å²) in [5, 5.41) is 3.00. The molecule has 0 radical (unpaired) electrons. The van der Waals surface area contributed by atoms with Crippen LogP contribution in [0.1, 0.15) is 47.2 Å². The van der Waals surface area contributed by atoms with Crippen molar-refractivity contribution in [3.8, 4) is 0 Å². The molecule has 0 spiro atoms. The maximum absolute atomic E-state index is 12.6. The van der Waals surface area contributed by atoms with Crippen LogP contribution in [-0.2, 0) is 17.9 Å². The Morgan fingerprint density at radius 3 is 2.68 bits per heavy atom. The van der Waals surface area contributed by atoms with Crippen LogP contribution in [0.25, 0.3) is 0 Å². The van der Waals surface area contributed by atoms with Gasteiger partial charge in [0.2, 0.25) is 5.91 Å². The van der Waals surface area contributed by atoms with Crippen molar-refractivity contribution < 1.29 is 9.59 Å². The molecule has 1 aromatic heterocycles. The summed E-state index contributed by atoms with van der Waals surface area (Å²) in [6, 6.07) is 11.5. The lowest BCUT2D eigenvalue weighted by Crippen LogP contribution is -2.25. The van der Waals surface area contributed by atoms with Gasteiger partial charge in [-0.3, -0.25) is 9.59 Å². The molecule has 1 aromatic carbocycles. The molecule has 3 heterocycles. The molecule has 0 atom stereocenters. The number of hydrogen-bond acceptors (Lipinski definition) is 4. The van der Waals surface area contributed by atoms with Crippen molar-refractivity contribution in [2.24, 2.45) is 0 Å². The van der Waals surface area contributed by atoms with Crippen LogP contribution in [0, 0.1) is 0 Å². The van der Waals surface area contributed by atoms with Crippen LogP contribution in [0.5, 0.6) is 0 Å². The molecule has 2 amide bonds. The first-order chi connectivity index (χ1) is 13.7. The maximum atomic E-state index is 12.6. The zero-order chi connectivity index (χ0) is 19.3. The molecule has 4 rings (SSSR count). The fourth-order valence-corrected chi connectivity index (χ4v) is 3.88. The number of likely N-dealkylation sites (tertiary alicyclic amines) is 1. The number of rotatable bonds is 6. The molecular formula is C22H26N4O2. The van der Waals surface area contributed by atoms with E-state index in [-0.39, 0.29) is 11.8 Å². The molecule has 146 valence electrons. The monoisotopic (exact) mass is 378 g/mol. The van der Waals surface area contributed by atoms with Crippen LogP contribution in [0.15, 0.2) is 42.6 Å². The van der Waals surface area contributed by atoms with Gasteiger partial charge < -0.3 is 15.1 Å². The Morgan fingerprint density at radius 1 is 1.04 bits per heavy atom. The average molecular weight is 378 g/mol. The molecule has 2 aliphatic heterocycles. The molecule has 2 fully saturated rings. The third-order valence-electron chi connectivity index (χ3n) is 5.43. The Morgan fingerprint density at radius 2 is 1.89 bits per heavy atom. The van der Waals surface area contributed by atoms with E-state index in [1.165, 1.54) is 12.8 Å². The number of hydrogen-bond donors (Lipinski definition) is 1. The lowest BCUT2D eigenvalue weighted by atomic mass is 10.1.